The van der Waals surface area contributed by atoms with E-state index in [1.165, 1.54) is 18.2 Å². The van der Waals surface area contributed by atoms with Gasteiger partial charge < -0.3 is 10.2 Å². The molecule has 0 aliphatic rings. The molecule has 0 aliphatic carbocycles. The third kappa shape index (κ3) is 1.71. The van der Waals surface area contributed by atoms with Crippen LogP contribution in [0.4, 0.5) is 0 Å². The van der Waals surface area contributed by atoms with Crippen molar-refractivity contribution in [2.24, 2.45) is 0 Å². The summed E-state index contributed by atoms with van der Waals surface area (Å²) in [6.07, 6.45) is 0. The second-order valence-electron chi connectivity index (χ2n) is 1.97. The van der Waals surface area contributed by atoms with Crippen molar-refractivity contribution in [3.63, 3.8) is 0 Å². The van der Waals surface area contributed by atoms with Gasteiger partial charge >= 0.3 is 5.97 Å². The monoisotopic (exact) mass is 216 g/mol. The predicted molar refractivity (Wildman–Crippen MR) is 42.8 cm³/mol. The van der Waals surface area contributed by atoms with Gasteiger partial charge in [0.2, 0.25) is 0 Å². The lowest BCUT2D eigenvalue weighted by Gasteiger charge is -1.97. The highest BCUT2D eigenvalue weighted by molar-refractivity contribution is 9.10. The second kappa shape index (κ2) is 2.92. The van der Waals surface area contributed by atoms with Crippen molar-refractivity contribution in [2.75, 3.05) is 0 Å². The van der Waals surface area contributed by atoms with E-state index in [4.69, 9.17) is 10.2 Å². The number of rotatable bonds is 1. The molecule has 4 heteroatoms. The van der Waals surface area contributed by atoms with Crippen molar-refractivity contribution in [1.29, 1.82) is 0 Å². The topological polar surface area (TPSA) is 57.5 Å². The van der Waals surface area contributed by atoms with E-state index >= 15 is 0 Å². The summed E-state index contributed by atoms with van der Waals surface area (Å²) in [5, 5.41) is 17.4. The fourth-order valence-corrected chi connectivity index (χ4v) is 1.21. The van der Waals surface area contributed by atoms with Crippen LogP contribution in [0, 0.1) is 0 Å². The largest absolute Gasteiger partial charge is 0.508 e. The first kappa shape index (κ1) is 8.07. The first-order valence-electron chi connectivity index (χ1n) is 2.83. The number of aromatic carboxylic acids is 1. The number of phenolic OH excluding ortho intramolecular Hbond substituents is 1. The minimum atomic E-state index is -1.02. The molecule has 0 atom stereocenters. The van der Waals surface area contributed by atoms with E-state index in [0.717, 1.165) is 0 Å². The van der Waals surface area contributed by atoms with Crippen molar-refractivity contribution in [2.45, 2.75) is 0 Å². The van der Waals surface area contributed by atoms with Gasteiger partial charge in [0.15, 0.2) is 0 Å². The van der Waals surface area contributed by atoms with Crippen LogP contribution in [0.1, 0.15) is 10.4 Å². The molecule has 3 nitrogen and oxygen atoms in total. The number of carboxylic acids is 1. The maximum Gasteiger partial charge on any atom is 0.336 e. The number of aromatic hydroxyl groups is 1. The minimum absolute atomic E-state index is 0.0434. The Morgan fingerprint density at radius 2 is 2.09 bits per heavy atom. The van der Waals surface area contributed by atoms with Gasteiger partial charge in [-0.25, -0.2) is 4.79 Å². The number of hydrogen-bond acceptors (Lipinski definition) is 2. The molecule has 0 aliphatic heterocycles. The van der Waals surface area contributed by atoms with Crippen LogP contribution in [0.5, 0.6) is 5.75 Å². The summed E-state index contributed by atoms with van der Waals surface area (Å²) in [6, 6.07) is 4.00. The third-order valence-electron chi connectivity index (χ3n) is 1.18. The van der Waals surface area contributed by atoms with Gasteiger partial charge in [0.25, 0.3) is 0 Å². The molecular weight excluding hydrogens is 212 g/mol. The first-order chi connectivity index (χ1) is 5.11. The molecule has 1 rings (SSSR count). The van der Waals surface area contributed by atoms with Gasteiger partial charge in [-0.2, -0.15) is 0 Å². The van der Waals surface area contributed by atoms with Gasteiger partial charge in [0.05, 0.1) is 5.56 Å². The molecule has 0 saturated carbocycles. The van der Waals surface area contributed by atoms with Crippen LogP contribution in [0.25, 0.3) is 0 Å². The first-order valence-corrected chi connectivity index (χ1v) is 3.62. The zero-order valence-corrected chi connectivity index (χ0v) is 7.00. The summed E-state index contributed by atoms with van der Waals surface area (Å²) in [7, 11) is 0. The van der Waals surface area contributed by atoms with E-state index in [9.17, 15) is 4.79 Å². The van der Waals surface area contributed by atoms with Crippen molar-refractivity contribution in [3.05, 3.63) is 28.2 Å². The molecule has 0 unspecified atom stereocenters. The lowest BCUT2D eigenvalue weighted by Crippen LogP contribution is -1.96. The fourth-order valence-electron chi connectivity index (χ4n) is 0.677. The van der Waals surface area contributed by atoms with Gasteiger partial charge in [-0.3, -0.25) is 0 Å². The Kier molecular flexibility index (Phi) is 2.14. The van der Waals surface area contributed by atoms with E-state index in [0.29, 0.717) is 4.47 Å². The lowest BCUT2D eigenvalue weighted by atomic mass is 10.2. The summed E-state index contributed by atoms with van der Waals surface area (Å²) in [5.41, 5.74) is 0.141. The Balaban J connectivity index is 3.20. The van der Waals surface area contributed by atoms with Crippen LogP contribution in [-0.4, -0.2) is 16.2 Å². The Morgan fingerprint density at radius 3 is 2.55 bits per heavy atom. The summed E-state index contributed by atoms with van der Waals surface area (Å²) >= 11 is 3.01. The number of phenols is 1. The van der Waals surface area contributed by atoms with Gasteiger partial charge in [-0.05, 0) is 34.1 Å². The van der Waals surface area contributed by atoms with Crippen molar-refractivity contribution in [1.82, 2.24) is 0 Å². The summed E-state index contributed by atoms with van der Waals surface area (Å²) in [4.78, 5) is 10.4. The molecular formula is C7H5BrO3. The van der Waals surface area contributed by atoms with Crippen LogP contribution >= 0.6 is 15.9 Å². The zero-order chi connectivity index (χ0) is 8.43. The van der Waals surface area contributed by atoms with E-state index in [1.54, 1.807) is 0 Å². The Morgan fingerprint density at radius 1 is 1.45 bits per heavy atom. The van der Waals surface area contributed by atoms with Crippen LogP contribution in [0.3, 0.4) is 0 Å². The third-order valence-corrected chi connectivity index (χ3v) is 1.84. The number of carboxylic acid groups (broad SMARTS) is 1. The highest BCUT2D eigenvalue weighted by atomic mass is 79.9. The average Bonchev–Trinajstić information content (AvgIpc) is 1.85. The Hall–Kier alpha value is -1.03. The molecule has 2 N–H and O–H groups in total. The van der Waals surface area contributed by atoms with Crippen LogP contribution in [0.15, 0.2) is 22.7 Å². The Labute approximate surface area is 71.4 Å². The second-order valence-corrected chi connectivity index (χ2v) is 2.82. The van der Waals surface area contributed by atoms with Crippen LogP contribution in [-0.2, 0) is 0 Å². The average molecular weight is 217 g/mol. The number of carbonyl (C=O) groups is 1. The fraction of sp³-hybridized carbons (Fsp3) is 0. The zero-order valence-electron chi connectivity index (χ0n) is 5.41. The molecule has 1 aromatic carbocycles. The molecule has 0 saturated heterocycles. The molecule has 0 fully saturated rings. The molecule has 0 bridgehead atoms. The SMILES string of the molecule is O=C(O)c1ccc(O)cc1Br. The number of benzene rings is 1. The molecule has 0 heterocycles. The predicted octanol–water partition coefficient (Wildman–Crippen LogP) is 1.85. The molecule has 58 valence electrons. The van der Waals surface area contributed by atoms with Crippen molar-refractivity contribution < 1.29 is 15.0 Å². The van der Waals surface area contributed by atoms with Crippen molar-refractivity contribution >= 4 is 21.9 Å². The molecule has 11 heavy (non-hydrogen) atoms. The van der Waals surface area contributed by atoms with Gasteiger partial charge in [0, 0.05) is 4.47 Å². The minimum Gasteiger partial charge on any atom is -0.508 e. The van der Waals surface area contributed by atoms with Crippen LogP contribution < -0.4 is 0 Å². The summed E-state index contributed by atoms with van der Waals surface area (Å²) in [6.45, 7) is 0. The molecule has 0 amide bonds. The van der Waals surface area contributed by atoms with Gasteiger partial charge in [-0.15, -0.1) is 0 Å². The molecule has 0 aromatic heterocycles. The maximum atomic E-state index is 10.4. The molecule has 1 aromatic rings. The van der Waals surface area contributed by atoms with Gasteiger partial charge in [0.1, 0.15) is 5.75 Å². The smallest absolute Gasteiger partial charge is 0.336 e. The Bertz CT molecular complexity index is 296. The van der Waals surface area contributed by atoms with E-state index in [1.807, 2.05) is 0 Å². The van der Waals surface area contributed by atoms with Crippen LogP contribution in [0.2, 0.25) is 0 Å². The highest BCUT2D eigenvalue weighted by Crippen LogP contribution is 2.21. The highest BCUT2D eigenvalue weighted by Gasteiger charge is 2.07. The lowest BCUT2D eigenvalue weighted by molar-refractivity contribution is 0.0696. The summed E-state index contributed by atoms with van der Waals surface area (Å²) < 4.78 is 0.380. The number of halogens is 1. The quantitative estimate of drug-likeness (QED) is 0.754. The molecule has 0 radical (unpaired) electrons. The molecule has 0 spiro atoms. The van der Waals surface area contributed by atoms with E-state index in [2.05, 4.69) is 15.9 Å². The maximum absolute atomic E-state index is 10.4. The van der Waals surface area contributed by atoms with E-state index in [-0.39, 0.29) is 11.3 Å². The normalized spacial score (nSPS) is 9.55. The number of hydrogen-bond donors (Lipinski definition) is 2. The van der Waals surface area contributed by atoms with Crippen molar-refractivity contribution in [3.8, 4) is 5.75 Å². The van der Waals surface area contributed by atoms with E-state index < -0.39 is 5.97 Å². The summed E-state index contributed by atoms with van der Waals surface area (Å²) in [5.74, 6) is -0.973. The van der Waals surface area contributed by atoms with Gasteiger partial charge in [-0.1, -0.05) is 0 Å². The standard InChI is InChI=1S/C7H5BrO3/c8-6-3-4(9)1-2-5(6)7(10)11/h1-3,9H,(H,10,11).